The fraction of sp³-hybridized carbons (Fsp3) is 0.412. The van der Waals surface area contributed by atoms with Crippen LogP contribution in [0, 0.1) is 0 Å². The summed E-state index contributed by atoms with van der Waals surface area (Å²) in [5.74, 6) is 2.07. The highest BCUT2D eigenvalue weighted by molar-refractivity contribution is 9.10. The van der Waals surface area contributed by atoms with Gasteiger partial charge in [-0.25, -0.2) is 9.97 Å². The molecule has 2 aliphatic carbocycles. The van der Waals surface area contributed by atoms with Crippen molar-refractivity contribution < 1.29 is 0 Å². The van der Waals surface area contributed by atoms with Crippen LogP contribution in [0.5, 0.6) is 0 Å². The molecule has 1 aromatic heterocycles. The molecule has 21 heavy (non-hydrogen) atoms. The molecule has 108 valence electrons. The van der Waals surface area contributed by atoms with Crippen LogP contribution in [0.1, 0.15) is 55.1 Å². The summed E-state index contributed by atoms with van der Waals surface area (Å²) < 4.78 is 0.899. The maximum atomic E-state index is 6.14. The Morgan fingerprint density at radius 3 is 2.38 bits per heavy atom. The summed E-state index contributed by atoms with van der Waals surface area (Å²) in [4.78, 5) is 9.56. The van der Waals surface area contributed by atoms with Crippen molar-refractivity contribution in [3.8, 4) is 0 Å². The molecule has 1 heterocycles. The van der Waals surface area contributed by atoms with Gasteiger partial charge < -0.3 is 5.73 Å². The third-order valence-electron chi connectivity index (χ3n) is 4.83. The fourth-order valence-corrected chi connectivity index (χ4v) is 3.75. The van der Waals surface area contributed by atoms with Crippen LogP contribution in [0.15, 0.2) is 34.8 Å². The zero-order chi connectivity index (χ0) is 14.4. The quantitative estimate of drug-likeness (QED) is 0.909. The second kappa shape index (κ2) is 4.80. The molecule has 0 bridgehead atoms. The van der Waals surface area contributed by atoms with E-state index in [0.717, 1.165) is 28.8 Å². The number of hydrogen-bond donors (Lipinski definition) is 1. The largest absolute Gasteiger partial charge is 0.383 e. The molecule has 2 aliphatic rings. The molecule has 3 nitrogen and oxygen atoms in total. The molecule has 0 radical (unpaired) electrons. The summed E-state index contributed by atoms with van der Waals surface area (Å²) in [6, 6.07) is 10.6. The molecule has 0 spiro atoms. The number of nitrogen functional groups attached to an aromatic ring is 1. The van der Waals surface area contributed by atoms with E-state index in [9.17, 15) is 0 Å². The third kappa shape index (κ3) is 2.08. The molecule has 2 fully saturated rings. The molecule has 0 saturated heterocycles. The summed E-state index contributed by atoms with van der Waals surface area (Å²) >= 11 is 3.57. The van der Waals surface area contributed by atoms with Crippen LogP contribution in [-0.4, -0.2) is 9.97 Å². The molecule has 2 N–H and O–H groups in total. The van der Waals surface area contributed by atoms with E-state index in [1.54, 1.807) is 0 Å². The van der Waals surface area contributed by atoms with E-state index < -0.39 is 0 Å². The second-order valence-electron chi connectivity index (χ2n) is 6.21. The lowest BCUT2D eigenvalue weighted by Gasteiger charge is -2.41. The molecule has 0 aliphatic heterocycles. The van der Waals surface area contributed by atoms with Crippen LogP contribution in [0.2, 0.25) is 0 Å². The van der Waals surface area contributed by atoms with Crippen molar-refractivity contribution in [3.05, 3.63) is 51.9 Å². The SMILES string of the molecule is Nc1nc(C2(c3ccccc3)CCC2)nc(C2CC2)c1Br. The van der Waals surface area contributed by atoms with Crippen molar-refractivity contribution in [3.63, 3.8) is 0 Å². The minimum Gasteiger partial charge on any atom is -0.383 e. The van der Waals surface area contributed by atoms with Crippen molar-refractivity contribution in [2.45, 2.75) is 43.4 Å². The highest BCUT2D eigenvalue weighted by Crippen LogP contribution is 2.50. The van der Waals surface area contributed by atoms with Gasteiger partial charge in [-0.3, -0.25) is 0 Å². The summed E-state index contributed by atoms with van der Waals surface area (Å²) in [5, 5.41) is 0. The maximum Gasteiger partial charge on any atom is 0.141 e. The van der Waals surface area contributed by atoms with Gasteiger partial charge in [-0.15, -0.1) is 0 Å². The molecule has 4 heteroatoms. The van der Waals surface area contributed by atoms with E-state index in [-0.39, 0.29) is 5.41 Å². The first-order chi connectivity index (χ1) is 10.2. The van der Waals surface area contributed by atoms with Gasteiger partial charge in [0.25, 0.3) is 0 Å². The minimum atomic E-state index is -0.0281. The standard InChI is InChI=1S/C17H18BrN3/c18-13-14(11-7-8-11)20-16(21-15(13)19)17(9-4-10-17)12-5-2-1-3-6-12/h1-3,5-6,11H,4,7-10H2,(H2,19,20,21). The topological polar surface area (TPSA) is 51.8 Å². The molecule has 2 aromatic rings. The molecule has 0 atom stereocenters. The predicted octanol–water partition coefficient (Wildman–Crippen LogP) is 4.17. The van der Waals surface area contributed by atoms with E-state index in [1.165, 1.54) is 24.8 Å². The van der Waals surface area contributed by atoms with Crippen LogP contribution < -0.4 is 5.73 Å². The lowest BCUT2D eigenvalue weighted by molar-refractivity contribution is 0.284. The Morgan fingerprint density at radius 2 is 1.81 bits per heavy atom. The molecule has 0 unspecified atom stereocenters. The molecule has 1 aromatic carbocycles. The van der Waals surface area contributed by atoms with Crippen LogP contribution in [0.4, 0.5) is 5.82 Å². The number of hydrogen-bond acceptors (Lipinski definition) is 3. The van der Waals surface area contributed by atoms with E-state index in [4.69, 9.17) is 10.7 Å². The first-order valence-corrected chi connectivity index (χ1v) is 8.39. The van der Waals surface area contributed by atoms with Gasteiger partial charge in [0.1, 0.15) is 11.6 Å². The predicted molar refractivity (Wildman–Crippen MR) is 87.2 cm³/mol. The number of anilines is 1. The average molecular weight is 344 g/mol. The Morgan fingerprint density at radius 1 is 1.10 bits per heavy atom. The Labute approximate surface area is 133 Å². The van der Waals surface area contributed by atoms with E-state index in [0.29, 0.717) is 11.7 Å². The zero-order valence-electron chi connectivity index (χ0n) is 11.8. The first kappa shape index (κ1) is 13.3. The second-order valence-corrected chi connectivity index (χ2v) is 7.00. The average Bonchev–Trinajstić information content (AvgIpc) is 3.27. The Balaban J connectivity index is 1.85. The van der Waals surface area contributed by atoms with Gasteiger partial charge in [0, 0.05) is 5.92 Å². The van der Waals surface area contributed by atoms with Crippen LogP contribution >= 0.6 is 15.9 Å². The Kier molecular flexibility index (Phi) is 3.03. The zero-order valence-corrected chi connectivity index (χ0v) is 13.4. The van der Waals surface area contributed by atoms with E-state index in [2.05, 4.69) is 51.2 Å². The third-order valence-corrected chi connectivity index (χ3v) is 5.64. The van der Waals surface area contributed by atoms with Gasteiger partial charge in [0.2, 0.25) is 0 Å². The van der Waals surface area contributed by atoms with Crippen molar-refractivity contribution in [1.29, 1.82) is 0 Å². The maximum absolute atomic E-state index is 6.14. The fourth-order valence-electron chi connectivity index (χ4n) is 3.25. The normalized spacial score (nSPS) is 20.0. The van der Waals surface area contributed by atoms with Gasteiger partial charge in [-0.2, -0.15) is 0 Å². The Hall–Kier alpha value is -1.42. The number of nitrogens with two attached hydrogens (primary N) is 1. The summed E-state index contributed by atoms with van der Waals surface area (Å²) in [6.07, 6.45) is 5.89. The highest BCUT2D eigenvalue weighted by Gasteiger charge is 2.44. The smallest absolute Gasteiger partial charge is 0.141 e. The van der Waals surface area contributed by atoms with Gasteiger partial charge >= 0.3 is 0 Å². The minimum absolute atomic E-state index is 0.0281. The number of benzene rings is 1. The van der Waals surface area contributed by atoms with Crippen molar-refractivity contribution >= 4 is 21.7 Å². The van der Waals surface area contributed by atoms with Crippen LogP contribution in [0.3, 0.4) is 0 Å². The Bertz CT molecular complexity index is 676. The molecular weight excluding hydrogens is 326 g/mol. The summed E-state index contributed by atoms with van der Waals surface area (Å²) in [5.41, 5.74) is 8.54. The van der Waals surface area contributed by atoms with Crippen LogP contribution in [-0.2, 0) is 5.41 Å². The van der Waals surface area contributed by atoms with Crippen molar-refractivity contribution in [1.82, 2.24) is 9.97 Å². The van der Waals surface area contributed by atoms with E-state index >= 15 is 0 Å². The highest BCUT2D eigenvalue weighted by atomic mass is 79.9. The number of aromatic nitrogens is 2. The van der Waals surface area contributed by atoms with Gasteiger partial charge in [-0.1, -0.05) is 36.8 Å². The van der Waals surface area contributed by atoms with E-state index in [1.807, 2.05) is 0 Å². The molecule has 4 rings (SSSR count). The first-order valence-electron chi connectivity index (χ1n) is 7.60. The molecule has 2 saturated carbocycles. The van der Waals surface area contributed by atoms with Crippen molar-refractivity contribution in [2.75, 3.05) is 5.73 Å². The molecule has 0 amide bonds. The number of nitrogens with zero attached hydrogens (tertiary/aromatic N) is 2. The van der Waals surface area contributed by atoms with Gasteiger partial charge in [0.05, 0.1) is 15.6 Å². The number of halogens is 1. The van der Waals surface area contributed by atoms with Gasteiger partial charge in [0.15, 0.2) is 0 Å². The monoisotopic (exact) mass is 343 g/mol. The summed E-state index contributed by atoms with van der Waals surface area (Å²) in [7, 11) is 0. The lowest BCUT2D eigenvalue weighted by Crippen LogP contribution is -2.37. The van der Waals surface area contributed by atoms with Crippen LogP contribution in [0.25, 0.3) is 0 Å². The number of rotatable bonds is 3. The van der Waals surface area contributed by atoms with Gasteiger partial charge in [-0.05, 0) is 47.2 Å². The van der Waals surface area contributed by atoms with Crippen molar-refractivity contribution in [2.24, 2.45) is 0 Å². The molecular formula is C17H18BrN3. The summed E-state index contributed by atoms with van der Waals surface area (Å²) in [6.45, 7) is 0. The lowest BCUT2D eigenvalue weighted by atomic mass is 9.64.